The van der Waals surface area contributed by atoms with Crippen LogP contribution in [0.5, 0.6) is 0 Å². The summed E-state index contributed by atoms with van der Waals surface area (Å²) in [5.41, 5.74) is -0.543. The summed E-state index contributed by atoms with van der Waals surface area (Å²) >= 11 is 1.66. The Kier molecular flexibility index (Phi) is 6.20. The van der Waals surface area contributed by atoms with Crippen LogP contribution in [0.1, 0.15) is 31.2 Å². The third-order valence-corrected chi connectivity index (χ3v) is 5.14. The molecule has 1 saturated carbocycles. The molecular formula is C16H21F2NO2S. The summed E-state index contributed by atoms with van der Waals surface area (Å²) in [5.74, 6) is 0.160. The number of hydrogen-bond acceptors (Lipinski definition) is 3. The molecule has 0 saturated heterocycles. The van der Waals surface area contributed by atoms with Crippen LogP contribution in [0, 0.1) is 11.6 Å². The predicted octanol–water partition coefficient (Wildman–Crippen LogP) is 2.62. The van der Waals surface area contributed by atoms with E-state index in [0.717, 1.165) is 30.4 Å². The first-order valence-corrected chi connectivity index (χ1v) is 8.68. The molecule has 22 heavy (non-hydrogen) atoms. The average Bonchev–Trinajstić information content (AvgIpc) is 2.43. The molecule has 1 amide bonds. The van der Waals surface area contributed by atoms with Gasteiger partial charge in [-0.05, 0) is 31.1 Å². The Morgan fingerprint density at radius 2 is 2.09 bits per heavy atom. The number of nitrogens with one attached hydrogen (secondary N) is 1. The predicted molar refractivity (Wildman–Crippen MR) is 83.9 cm³/mol. The van der Waals surface area contributed by atoms with Gasteiger partial charge in [-0.15, -0.1) is 0 Å². The van der Waals surface area contributed by atoms with E-state index in [1.165, 1.54) is 12.1 Å². The van der Waals surface area contributed by atoms with Crippen LogP contribution in [-0.4, -0.2) is 35.7 Å². The largest absolute Gasteiger partial charge is 0.396 e. The minimum Gasteiger partial charge on any atom is -0.396 e. The average molecular weight is 329 g/mol. The van der Waals surface area contributed by atoms with Gasteiger partial charge in [-0.25, -0.2) is 8.78 Å². The zero-order valence-corrected chi connectivity index (χ0v) is 13.2. The molecule has 0 spiro atoms. The molecule has 6 heteroatoms. The van der Waals surface area contributed by atoms with Crippen molar-refractivity contribution in [3.63, 3.8) is 0 Å². The number of carbonyl (C=O) groups is 1. The van der Waals surface area contributed by atoms with Crippen LogP contribution in [0.25, 0.3) is 0 Å². The molecule has 0 atom stereocenters. The quantitative estimate of drug-likeness (QED) is 0.721. The fourth-order valence-corrected chi connectivity index (χ4v) is 3.48. The molecule has 0 bridgehead atoms. The number of aliphatic hydroxyl groups is 1. The first-order valence-electron chi connectivity index (χ1n) is 7.52. The Bertz CT molecular complexity index is 521. The first-order chi connectivity index (χ1) is 10.6. The molecule has 1 aromatic carbocycles. The van der Waals surface area contributed by atoms with Crippen molar-refractivity contribution in [2.24, 2.45) is 0 Å². The number of carbonyl (C=O) groups excluding carboxylic acids is 1. The van der Waals surface area contributed by atoms with Crippen molar-refractivity contribution in [1.82, 2.24) is 5.32 Å². The molecule has 1 aromatic rings. The number of halogens is 2. The minimum absolute atomic E-state index is 0.173. The molecule has 2 rings (SSSR count). The van der Waals surface area contributed by atoms with Crippen molar-refractivity contribution < 1.29 is 18.7 Å². The van der Waals surface area contributed by atoms with E-state index >= 15 is 0 Å². The summed E-state index contributed by atoms with van der Waals surface area (Å²) in [6.07, 6.45) is 2.80. The summed E-state index contributed by atoms with van der Waals surface area (Å²) < 4.78 is 27.1. The maximum atomic E-state index is 14.0. The Morgan fingerprint density at radius 1 is 1.32 bits per heavy atom. The van der Waals surface area contributed by atoms with E-state index in [9.17, 15) is 13.6 Å². The van der Waals surface area contributed by atoms with E-state index in [-0.39, 0.29) is 12.5 Å². The molecule has 1 fully saturated rings. The van der Waals surface area contributed by atoms with Crippen LogP contribution in [0.3, 0.4) is 0 Å². The molecule has 1 aliphatic carbocycles. The minimum atomic E-state index is -0.840. The Balaban J connectivity index is 1.93. The van der Waals surface area contributed by atoms with E-state index in [0.29, 0.717) is 24.9 Å². The third-order valence-electron chi connectivity index (χ3n) is 4.07. The van der Waals surface area contributed by atoms with E-state index in [2.05, 4.69) is 5.32 Å². The molecule has 1 aliphatic rings. The lowest BCUT2D eigenvalue weighted by molar-refractivity contribution is -0.129. The summed E-state index contributed by atoms with van der Waals surface area (Å²) in [4.78, 5) is 12.5. The summed E-state index contributed by atoms with van der Waals surface area (Å²) in [6.45, 7) is 0.686. The lowest BCUT2D eigenvalue weighted by Gasteiger charge is -2.40. The second-order valence-corrected chi connectivity index (χ2v) is 6.73. The number of benzene rings is 1. The second-order valence-electron chi connectivity index (χ2n) is 5.51. The monoisotopic (exact) mass is 329 g/mol. The highest BCUT2D eigenvalue weighted by atomic mass is 32.2. The Hall–Kier alpha value is -1.14. The highest BCUT2D eigenvalue weighted by Crippen LogP contribution is 2.45. The molecule has 0 aromatic heterocycles. The highest BCUT2D eigenvalue weighted by molar-refractivity contribution is 7.99. The van der Waals surface area contributed by atoms with E-state index in [4.69, 9.17) is 5.11 Å². The van der Waals surface area contributed by atoms with Crippen molar-refractivity contribution in [2.45, 2.75) is 31.1 Å². The molecule has 0 unspecified atom stereocenters. The zero-order chi connectivity index (χ0) is 16.0. The normalized spacial score (nSPS) is 16.1. The Morgan fingerprint density at radius 3 is 2.68 bits per heavy atom. The molecule has 0 radical (unpaired) electrons. The van der Waals surface area contributed by atoms with Gasteiger partial charge in [-0.3, -0.25) is 4.79 Å². The van der Waals surface area contributed by atoms with Crippen LogP contribution in [0.4, 0.5) is 8.78 Å². The van der Waals surface area contributed by atoms with E-state index in [1.807, 2.05) is 0 Å². The third kappa shape index (κ3) is 3.79. The van der Waals surface area contributed by atoms with Crippen LogP contribution in [0.15, 0.2) is 18.2 Å². The van der Waals surface area contributed by atoms with E-state index < -0.39 is 17.0 Å². The second kappa shape index (κ2) is 7.92. The van der Waals surface area contributed by atoms with Gasteiger partial charge in [0.25, 0.3) is 0 Å². The number of rotatable bonds is 8. The van der Waals surface area contributed by atoms with Gasteiger partial charge in [0.05, 0.1) is 5.41 Å². The molecule has 0 aliphatic heterocycles. The number of hydrogen-bond donors (Lipinski definition) is 2. The van der Waals surface area contributed by atoms with Gasteiger partial charge in [0.2, 0.25) is 5.91 Å². The first kappa shape index (κ1) is 17.2. The fraction of sp³-hybridized carbons (Fsp3) is 0.562. The topological polar surface area (TPSA) is 49.3 Å². The maximum Gasteiger partial charge on any atom is 0.230 e. The van der Waals surface area contributed by atoms with Crippen molar-refractivity contribution >= 4 is 17.7 Å². The summed E-state index contributed by atoms with van der Waals surface area (Å²) in [6, 6.07) is 3.43. The standard InChI is InChI=1S/C16H21F2NO2S/c17-12-3-4-13(14(18)11-12)16(5-1-6-16)15(21)19-7-10-22-9-2-8-20/h3-4,11,20H,1-2,5-10H2,(H,19,21). The lowest BCUT2D eigenvalue weighted by atomic mass is 9.63. The van der Waals surface area contributed by atoms with Gasteiger partial charge in [-0.2, -0.15) is 11.8 Å². The van der Waals surface area contributed by atoms with Crippen LogP contribution in [0.2, 0.25) is 0 Å². The Labute approximate surface area is 133 Å². The van der Waals surface area contributed by atoms with Crippen molar-refractivity contribution in [1.29, 1.82) is 0 Å². The number of amides is 1. The van der Waals surface area contributed by atoms with Crippen LogP contribution in [-0.2, 0) is 10.2 Å². The smallest absolute Gasteiger partial charge is 0.230 e. The van der Waals surface area contributed by atoms with Gasteiger partial charge < -0.3 is 10.4 Å². The molecule has 122 valence electrons. The summed E-state index contributed by atoms with van der Waals surface area (Å²) in [5, 5.41) is 11.5. The van der Waals surface area contributed by atoms with Crippen LogP contribution < -0.4 is 5.32 Å². The highest BCUT2D eigenvalue weighted by Gasteiger charge is 2.47. The molecule has 3 nitrogen and oxygen atoms in total. The van der Waals surface area contributed by atoms with Gasteiger partial charge in [0, 0.05) is 30.5 Å². The number of aliphatic hydroxyl groups excluding tert-OH is 1. The van der Waals surface area contributed by atoms with Gasteiger partial charge in [0.15, 0.2) is 0 Å². The van der Waals surface area contributed by atoms with E-state index in [1.54, 1.807) is 11.8 Å². The van der Waals surface area contributed by atoms with Gasteiger partial charge >= 0.3 is 0 Å². The van der Waals surface area contributed by atoms with Crippen molar-refractivity contribution in [2.75, 3.05) is 24.7 Å². The number of thioether (sulfide) groups is 1. The molecule has 0 heterocycles. The van der Waals surface area contributed by atoms with Crippen molar-refractivity contribution in [3.05, 3.63) is 35.4 Å². The maximum absolute atomic E-state index is 14.0. The lowest BCUT2D eigenvalue weighted by Crippen LogP contribution is -2.50. The summed E-state index contributed by atoms with van der Waals surface area (Å²) in [7, 11) is 0. The van der Waals surface area contributed by atoms with Gasteiger partial charge in [0.1, 0.15) is 11.6 Å². The zero-order valence-electron chi connectivity index (χ0n) is 12.4. The fourth-order valence-electron chi connectivity index (χ4n) is 2.70. The molecule has 2 N–H and O–H groups in total. The van der Waals surface area contributed by atoms with Crippen molar-refractivity contribution in [3.8, 4) is 0 Å². The van der Waals surface area contributed by atoms with Gasteiger partial charge in [-0.1, -0.05) is 12.5 Å². The van der Waals surface area contributed by atoms with Crippen LogP contribution >= 0.6 is 11.8 Å². The molecular weight excluding hydrogens is 308 g/mol. The SMILES string of the molecule is O=C(NCCSCCCO)C1(c2ccc(F)cc2F)CCC1.